The molecule has 0 nitrogen and oxygen atoms in total. The fourth-order valence-corrected chi connectivity index (χ4v) is 4.00. The maximum absolute atomic E-state index is 2.37. The predicted molar refractivity (Wildman–Crippen MR) is 94.5 cm³/mol. The Labute approximate surface area is 132 Å². The molecule has 22 heavy (non-hydrogen) atoms. The third kappa shape index (κ3) is 1.91. The van der Waals surface area contributed by atoms with Gasteiger partial charge in [-0.05, 0) is 46.3 Å². The lowest BCUT2D eigenvalue weighted by molar-refractivity contribution is 0.628. The molecule has 2 aliphatic rings. The monoisotopic (exact) mass is 284 g/mol. The molecule has 2 unspecified atom stereocenters. The molecule has 0 saturated carbocycles. The van der Waals surface area contributed by atoms with Gasteiger partial charge in [0.1, 0.15) is 0 Å². The summed E-state index contributed by atoms with van der Waals surface area (Å²) in [6, 6.07) is 19.7. The molecule has 108 valence electrons. The van der Waals surface area contributed by atoms with Gasteiger partial charge in [-0.3, -0.25) is 0 Å². The first kappa shape index (κ1) is 13.3. The lowest BCUT2D eigenvalue weighted by Crippen LogP contribution is -2.21. The third-order valence-electron chi connectivity index (χ3n) is 5.12. The van der Waals surface area contributed by atoms with Gasteiger partial charge in [-0.1, -0.05) is 79.7 Å². The maximum atomic E-state index is 2.37. The molecular weight excluding hydrogens is 264 g/mol. The van der Waals surface area contributed by atoms with E-state index in [1.54, 1.807) is 0 Å². The summed E-state index contributed by atoms with van der Waals surface area (Å²) in [7, 11) is 0. The van der Waals surface area contributed by atoms with Gasteiger partial charge in [0, 0.05) is 5.92 Å². The van der Waals surface area contributed by atoms with Crippen molar-refractivity contribution in [3.8, 4) is 0 Å². The number of benzene rings is 2. The maximum Gasteiger partial charge on any atom is 0.0164 e. The third-order valence-corrected chi connectivity index (χ3v) is 5.12. The topological polar surface area (TPSA) is 0 Å². The van der Waals surface area contributed by atoms with Gasteiger partial charge in [0.05, 0.1) is 0 Å². The normalized spacial score (nSPS) is 22.9. The molecule has 0 heteroatoms. The van der Waals surface area contributed by atoms with Crippen molar-refractivity contribution >= 4 is 11.1 Å². The molecule has 0 bridgehead atoms. The molecule has 2 aromatic carbocycles. The van der Waals surface area contributed by atoms with Gasteiger partial charge in [-0.15, -0.1) is 0 Å². The van der Waals surface area contributed by atoms with Gasteiger partial charge in [0.25, 0.3) is 0 Å². The Bertz CT molecular complexity index is 803. The van der Waals surface area contributed by atoms with Crippen LogP contribution in [-0.4, -0.2) is 0 Å². The van der Waals surface area contributed by atoms with E-state index in [0.717, 1.165) is 0 Å². The second-order valence-electron chi connectivity index (χ2n) is 6.28. The first-order valence-corrected chi connectivity index (χ1v) is 8.01. The summed E-state index contributed by atoms with van der Waals surface area (Å²) in [6.45, 7) is 4.64. The Morgan fingerprint density at radius 1 is 0.864 bits per heavy atom. The standard InChI is InChI=1S/C22H20/c1-15-18-11-6-7-12-19(18)16(2)22-20(15)13-8-14-21(22)17-9-4-3-5-10-17/h3-14,16,22H,1-2H3. The average molecular weight is 284 g/mol. The van der Waals surface area contributed by atoms with Crippen LogP contribution >= 0.6 is 0 Å². The van der Waals surface area contributed by atoms with Gasteiger partial charge in [0.15, 0.2) is 0 Å². The average Bonchev–Trinajstić information content (AvgIpc) is 2.60. The number of fused-ring (bicyclic) bond motifs is 2. The summed E-state index contributed by atoms with van der Waals surface area (Å²) in [5.41, 5.74) is 8.59. The first-order chi connectivity index (χ1) is 10.8. The van der Waals surface area contributed by atoms with Crippen molar-refractivity contribution in [2.45, 2.75) is 19.8 Å². The van der Waals surface area contributed by atoms with Crippen LogP contribution in [-0.2, 0) is 0 Å². The summed E-state index contributed by atoms with van der Waals surface area (Å²) in [5.74, 6) is 0.966. The minimum absolute atomic E-state index is 0.460. The van der Waals surface area contributed by atoms with Crippen LogP contribution in [0.2, 0.25) is 0 Å². The molecule has 4 rings (SSSR count). The van der Waals surface area contributed by atoms with E-state index < -0.39 is 0 Å². The van der Waals surface area contributed by atoms with Crippen LogP contribution in [0.5, 0.6) is 0 Å². The fourth-order valence-electron chi connectivity index (χ4n) is 4.00. The Balaban J connectivity index is 1.91. The highest BCUT2D eigenvalue weighted by atomic mass is 14.4. The number of allylic oxidation sites excluding steroid dienone is 6. The van der Waals surface area contributed by atoms with E-state index in [4.69, 9.17) is 0 Å². The summed E-state index contributed by atoms with van der Waals surface area (Å²) in [4.78, 5) is 0. The molecule has 2 atom stereocenters. The van der Waals surface area contributed by atoms with Crippen molar-refractivity contribution in [3.63, 3.8) is 0 Å². The quantitative estimate of drug-likeness (QED) is 0.616. The highest BCUT2D eigenvalue weighted by Gasteiger charge is 2.33. The van der Waals surface area contributed by atoms with E-state index in [-0.39, 0.29) is 0 Å². The van der Waals surface area contributed by atoms with Gasteiger partial charge in [-0.2, -0.15) is 0 Å². The lowest BCUT2D eigenvalue weighted by Gasteiger charge is -2.37. The molecule has 0 amide bonds. The molecule has 0 aromatic heterocycles. The van der Waals surface area contributed by atoms with Crippen molar-refractivity contribution in [1.82, 2.24) is 0 Å². The SMILES string of the molecule is CC1=C2C=CC=C(c3ccccc3)C2C(C)c2ccccc21. The van der Waals surface area contributed by atoms with Crippen molar-refractivity contribution in [3.05, 3.63) is 95.1 Å². The summed E-state index contributed by atoms with van der Waals surface area (Å²) in [6.07, 6.45) is 6.80. The number of rotatable bonds is 1. The zero-order valence-electron chi connectivity index (χ0n) is 13.1. The van der Waals surface area contributed by atoms with Crippen LogP contribution in [0.1, 0.15) is 36.5 Å². The Hall–Kier alpha value is -2.34. The molecule has 0 aliphatic heterocycles. The minimum Gasteiger partial charge on any atom is -0.0622 e. The zero-order chi connectivity index (χ0) is 15.1. The van der Waals surface area contributed by atoms with Gasteiger partial charge in [-0.25, -0.2) is 0 Å². The van der Waals surface area contributed by atoms with Crippen LogP contribution in [0.4, 0.5) is 0 Å². The van der Waals surface area contributed by atoms with Crippen LogP contribution in [0.15, 0.2) is 78.4 Å². The van der Waals surface area contributed by atoms with Crippen LogP contribution in [0, 0.1) is 5.92 Å². The molecular formula is C22H20. The number of hydrogen-bond donors (Lipinski definition) is 0. The van der Waals surface area contributed by atoms with Gasteiger partial charge >= 0.3 is 0 Å². The predicted octanol–water partition coefficient (Wildman–Crippen LogP) is 5.85. The summed E-state index contributed by atoms with van der Waals surface area (Å²) in [5, 5.41) is 0. The Morgan fingerprint density at radius 2 is 1.59 bits per heavy atom. The van der Waals surface area contributed by atoms with E-state index >= 15 is 0 Å². The molecule has 0 spiro atoms. The van der Waals surface area contributed by atoms with Crippen LogP contribution < -0.4 is 0 Å². The first-order valence-electron chi connectivity index (χ1n) is 8.01. The second-order valence-corrected chi connectivity index (χ2v) is 6.28. The van der Waals surface area contributed by atoms with E-state index in [0.29, 0.717) is 11.8 Å². The zero-order valence-corrected chi connectivity index (χ0v) is 13.1. The van der Waals surface area contributed by atoms with Crippen molar-refractivity contribution in [2.24, 2.45) is 5.92 Å². The van der Waals surface area contributed by atoms with E-state index in [1.807, 2.05) is 0 Å². The lowest BCUT2D eigenvalue weighted by atomic mass is 9.67. The van der Waals surface area contributed by atoms with Crippen molar-refractivity contribution in [2.75, 3.05) is 0 Å². The van der Waals surface area contributed by atoms with E-state index in [1.165, 1.54) is 33.4 Å². The van der Waals surface area contributed by atoms with Crippen molar-refractivity contribution in [1.29, 1.82) is 0 Å². The van der Waals surface area contributed by atoms with Gasteiger partial charge in [0.2, 0.25) is 0 Å². The van der Waals surface area contributed by atoms with Crippen LogP contribution in [0.25, 0.3) is 11.1 Å². The summed E-state index contributed by atoms with van der Waals surface area (Å²) < 4.78 is 0. The highest BCUT2D eigenvalue weighted by molar-refractivity contribution is 5.84. The molecule has 0 N–H and O–H groups in total. The second kappa shape index (κ2) is 5.14. The summed E-state index contributed by atoms with van der Waals surface area (Å²) >= 11 is 0. The van der Waals surface area contributed by atoms with E-state index in [9.17, 15) is 0 Å². The van der Waals surface area contributed by atoms with Gasteiger partial charge < -0.3 is 0 Å². The molecule has 0 radical (unpaired) electrons. The molecule has 0 saturated heterocycles. The largest absolute Gasteiger partial charge is 0.0622 e. The highest BCUT2D eigenvalue weighted by Crippen LogP contribution is 2.49. The molecule has 2 aliphatic carbocycles. The number of hydrogen-bond acceptors (Lipinski definition) is 0. The van der Waals surface area contributed by atoms with Crippen molar-refractivity contribution < 1.29 is 0 Å². The molecule has 2 aromatic rings. The Morgan fingerprint density at radius 3 is 2.41 bits per heavy atom. The Kier molecular flexibility index (Phi) is 3.11. The molecule has 0 heterocycles. The van der Waals surface area contributed by atoms with Crippen LogP contribution in [0.3, 0.4) is 0 Å². The molecule has 0 fully saturated rings. The fraction of sp³-hybridized carbons (Fsp3) is 0.182. The smallest absolute Gasteiger partial charge is 0.0164 e. The van der Waals surface area contributed by atoms with E-state index in [2.05, 4.69) is 86.7 Å². The minimum atomic E-state index is 0.460.